The molecule has 1 fully saturated rings. The first kappa shape index (κ1) is 28.0. The van der Waals surface area contributed by atoms with Crippen LogP contribution in [-0.2, 0) is 34.4 Å². The van der Waals surface area contributed by atoms with Gasteiger partial charge in [0.15, 0.2) is 15.0 Å². The molecular weight excluding hydrogens is 507 g/mol. The Bertz CT molecular complexity index is 1120. The third-order valence-electron chi connectivity index (χ3n) is 6.15. The maximum absolute atomic E-state index is 13.3. The van der Waals surface area contributed by atoms with Crippen LogP contribution in [0.3, 0.4) is 0 Å². The van der Waals surface area contributed by atoms with Crippen molar-refractivity contribution in [1.29, 1.82) is 0 Å². The molecule has 8 nitrogen and oxygen atoms in total. The van der Waals surface area contributed by atoms with E-state index >= 15 is 0 Å². The highest BCUT2D eigenvalue weighted by Gasteiger charge is 2.27. The first-order chi connectivity index (χ1) is 16.6. The van der Waals surface area contributed by atoms with Crippen LogP contribution in [0.2, 0.25) is 0 Å². The van der Waals surface area contributed by atoms with E-state index in [0.29, 0.717) is 23.2 Å². The highest BCUT2D eigenvalue weighted by Crippen LogP contribution is 2.51. The maximum atomic E-state index is 13.3. The Morgan fingerprint density at radius 1 is 1.17 bits per heavy atom. The third kappa shape index (κ3) is 8.22. The number of aromatic nitrogens is 1. The lowest BCUT2D eigenvalue weighted by Crippen LogP contribution is -2.22. The van der Waals surface area contributed by atoms with Crippen LogP contribution in [0, 0.1) is 5.92 Å². The van der Waals surface area contributed by atoms with Gasteiger partial charge in [-0.3, -0.25) is 9.36 Å². The van der Waals surface area contributed by atoms with E-state index in [4.69, 9.17) is 9.05 Å². The van der Waals surface area contributed by atoms with Crippen molar-refractivity contribution < 1.29 is 26.8 Å². The number of sulfone groups is 1. The zero-order valence-corrected chi connectivity index (χ0v) is 23.1. The fourth-order valence-corrected chi connectivity index (χ4v) is 7.52. The van der Waals surface area contributed by atoms with Crippen LogP contribution in [0.4, 0.5) is 5.13 Å². The quantitative estimate of drug-likeness (QED) is 0.309. The Morgan fingerprint density at radius 2 is 1.80 bits per heavy atom. The van der Waals surface area contributed by atoms with Crippen molar-refractivity contribution in [3.63, 3.8) is 0 Å². The van der Waals surface area contributed by atoms with Gasteiger partial charge >= 0.3 is 7.60 Å². The molecule has 0 bridgehead atoms. The molecule has 1 atom stereocenters. The number of hydrogen-bond donors (Lipinski definition) is 1. The van der Waals surface area contributed by atoms with Crippen LogP contribution in [-0.4, -0.2) is 38.8 Å². The number of thiazole rings is 1. The normalized spacial score (nSPS) is 15.9. The van der Waals surface area contributed by atoms with Gasteiger partial charge in [0.2, 0.25) is 5.91 Å². The molecule has 1 aliphatic carbocycles. The topological polar surface area (TPSA) is 112 Å². The number of amides is 1. The van der Waals surface area contributed by atoms with Gasteiger partial charge in [0.1, 0.15) is 0 Å². The highest BCUT2D eigenvalue weighted by molar-refractivity contribution is 7.90. The van der Waals surface area contributed by atoms with E-state index in [0.717, 1.165) is 12.0 Å². The standard InChI is InChI=1S/C24H35N2O6PS2/c1-4-31-33(28,32-5-2)16-20-17-34-24(25-20)26-23(27)22(15-10-18-8-6-7-9-18)19-11-13-21(14-12-19)35(3,29)30/h11-14,17-18,22H,4-10,15-16H2,1-3H3,(H,25,26,27)/t22-/m1/s1. The summed E-state index contributed by atoms with van der Waals surface area (Å²) < 4.78 is 47.2. The number of hydrogen-bond acceptors (Lipinski definition) is 8. The second-order valence-electron chi connectivity index (χ2n) is 8.86. The number of anilines is 1. The van der Waals surface area contributed by atoms with Crippen LogP contribution in [0.25, 0.3) is 0 Å². The number of benzene rings is 1. The van der Waals surface area contributed by atoms with Gasteiger partial charge in [-0.25, -0.2) is 13.4 Å². The van der Waals surface area contributed by atoms with Crippen molar-refractivity contribution in [3.8, 4) is 0 Å². The summed E-state index contributed by atoms with van der Waals surface area (Å²) in [6.45, 7) is 4.05. The van der Waals surface area contributed by atoms with Crippen LogP contribution in [0.5, 0.6) is 0 Å². The maximum Gasteiger partial charge on any atom is 0.336 e. The van der Waals surface area contributed by atoms with Gasteiger partial charge < -0.3 is 14.4 Å². The molecule has 1 saturated carbocycles. The van der Waals surface area contributed by atoms with Crippen molar-refractivity contribution in [2.45, 2.75) is 69.3 Å². The number of rotatable bonds is 13. The van der Waals surface area contributed by atoms with Crippen molar-refractivity contribution in [1.82, 2.24) is 4.98 Å². The molecule has 2 aromatic rings. The first-order valence-electron chi connectivity index (χ1n) is 12.1. The number of carbonyl (C=O) groups excluding carboxylic acids is 1. The minimum atomic E-state index is -3.31. The number of nitrogens with zero attached hydrogens (tertiary/aromatic N) is 1. The van der Waals surface area contributed by atoms with E-state index < -0.39 is 23.4 Å². The molecule has 0 radical (unpaired) electrons. The Hall–Kier alpha value is -1.58. The van der Waals surface area contributed by atoms with E-state index in [2.05, 4.69) is 10.3 Å². The predicted molar refractivity (Wildman–Crippen MR) is 139 cm³/mol. The Labute approximate surface area is 212 Å². The second kappa shape index (κ2) is 12.6. The summed E-state index contributed by atoms with van der Waals surface area (Å²) in [4.78, 5) is 18.0. The van der Waals surface area contributed by atoms with Crippen molar-refractivity contribution >= 4 is 39.8 Å². The molecule has 1 aromatic heterocycles. The molecule has 1 amide bonds. The van der Waals surface area contributed by atoms with Crippen molar-refractivity contribution in [3.05, 3.63) is 40.9 Å². The second-order valence-corrected chi connectivity index (χ2v) is 13.8. The van der Waals surface area contributed by atoms with Gasteiger partial charge in [-0.2, -0.15) is 0 Å². The van der Waals surface area contributed by atoms with E-state index in [1.165, 1.54) is 43.3 Å². The summed E-state index contributed by atoms with van der Waals surface area (Å²) in [5, 5.41) is 5.07. The fourth-order valence-electron chi connectivity index (χ4n) is 4.45. The van der Waals surface area contributed by atoms with Crippen LogP contribution in [0.15, 0.2) is 34.5 Å². The summed E-state index contributed by atoms with van der Waals surface area (Å²) in [5.74, 6) is 0.0154. The summed E-state index contributed by atoms with van der Waals surface area (Å²) in [6.07, 6.45) is 7.69. The largest absolute Gasteiger partial charge is 0.336 e. The molecule has 1 aromatic carbocycles. The molecule has 0 unspecified atom stereocenters. The minimum Gasteiger partial charge on any atom is -0.309 e. The van der Waals surface area contributed by atoms with Crippen LogP contribution >= 0.6 is 18.9 Å². The smallest absolute Gasteiger partial charge is 0.309 e. The van der Waals surface area contributed by atoms with E-state index in [9.17, 15) is 17.8 Å². The van der Waals surface area contributed by atoms with Crippen LogP contribution < -0.4 is 5.32 Å². The molecular formula is C24H35N2O6PS2. The number of nitrogens with one attached hydrogen (secondary N) is 1. The average Bonchev–Trinajstić information content (AvgIpc) is 3.46. The fraction of sp³-hybridized carbons (Fsp3) is 0.583. The van der Waals surface area contributed by atoms with E-state index in [-0.39, 0.29) is 30.2 Å². The molecule has 1 N–H and O–H groups in total. The summed E-state index contributed by atoms with van der Waals surface area (Å²) in [6, 6.07) is 6.56. The molecule has 35 heavy (non-hydrogen) atoms. The molecule has 11 heteroatoms. The summed E-state index contributed by atoms with van der Waals surface area (Å²) in [7, 11) is -6.60. The lowest BCUT2D eigenvalue weighted by atomic mass is 9.89. The summed E-state index contributed by atoms with van der Waals surface area (Å²) >= 11 is 1.26. The van der Waals surface area contributed by atoms with Crippen molar-refractivity contribution in [2.24, 2.45) is 5.92 Å². The molecule has 0 aliphatic heterocycles. The third-order valence-corrected chi connectivity index (χ3v) is 10.1. The van der Waals surface area contributed by atoms with Gasteiger partial charge in [0, 0.05) is 11.6 Å². The van der Waals surface area contributed by atoms with Crippen molar-refractivity contribution in [2.75, 3.05) is 24.8 Å². The monoisotopic (exact) mass is 542 g/mol. The average molecular weight is 543 g/mol. The molecule has 0 spiro atoms. The van der Waals surface area contributed by atoms with E-state index in [1.54, 1.807) is 43.5 Å². The van der Waals surface area contributed by atoms with Gasteiger partial charge in [-0.05, 0) is 50.3 Å². The SMILES string of the molecule is CCOP(=O)(Cc1csc(NC(=O)[C@H](CCC2CCCC2)c2ccc(S(C)(=O)=O)cc2)n1)OCC. The molecule has 194 valence electrons. The Morgan fingerprint density at radius 3 is 2.37 bits per heavy atom. The van der Waals surface area contributed by atoms with Crippen LogP contribution in [0.1, 0.15) is 69.5 Å². The summed E-state index contributed by atoms with van der Waals surface area (Å²) in [5.41, 5.74) is 1.32. The lowest BCUT2D eigenvalue weighted by Gasteiger charge is -2.19. The highest BCUT2D eigenvalue weighted by atomic mass is 32.2. The lowest BCUT2D eigenvalue weighted by molar-refractivity contribution is -0.117. The van der Waals surface area contributed by atoms with Gasteiger partial charge in [0.25, 0.3) is 0 Å². The van der Waals surface area contributed by atoms with Gasteiger partial charge in [-0.1, -0.05) is 37.8 Å². The number of carbonyl (C=O) groups is 1. The van der Waals surface area contributed by atoms with Gasteiger partial charge in [0.05, 0.1) is 35.9 Å². The molecule has 3 rings (SSSR count). The zero-order valence-electron chi connectivity index (χ0n) is 20.6. The molecule has 1 heterocycles. The minimum absolute atomic E-state index is 0.0408. The van der Waals surface area contributed by atoms with E-state index in [1.807, 2.05) is 0 Å². The Balaban J connectivity index is 1.74. The van der Waals surface area contributed by atoms with Gasteiger partial charge in [-0.15, -0.1) is 11.3 Å². The zero-order chi connectivity index (χ0) is 25.5. The Kier molecular flexibility index (Phi) is 10.1. The molecule has 0 saturated heterocycles. The molecule has 1 aliphatic rings. The first-order valence-corrected chi connectivity index (χ1v) is 16.6. The predicted octanol–water partition coefficient (Wildman–Crippen LogP) is 6.01.